The van der Waals surface area contributed by atoms with Gasteiger partial charge in [-0.1, -0.05) is 19.3 Å². The summed E-state index contributed by atoms with van der Waals surface area (Å²) in [5.41, 5.74) is 0. The summed E-state index contributed by atoms with van der Waals surface area (Å²) in [7, 11) is 1.87. The SMILES string of the molecule is CN=C(NCC1CCCCC1)NCC1(SC)CCOCC1.I. The van der Waals surface area contributed by atoms with Gasteiger partial charge in [0.05, 0.1) is 0 Å². The number of thioether (sulfide) groups is 1. The molecule has 0 aromatic rings. The van der Waals surface area contributed by atoms with Gasteiger partial charge in [0.2, 0.25) is 0 Å². The molecule has 0 aromatic carbocycles. The smallest absolute Gasteiger partial charge is 0.191 e. The molecule has 0 radical (unpaired) electrons. The van der Waals surface area contributed by atoms with Crippen LogP contribution < -0.4 is 10.6 Å². The predicted molar refractivity (Wildman–Crippen MR) is 108 cm³/mol. The van der Waals surface area contributed by atoms with E-state index in [1.165, 1.54) is 32.1 Å². The molecule has 4 nitrogen and oxygen atoms in total. The Bertz CT molecular complexity index is 329. The van der Waals surface area contributed by atoms with Gasteiger partial charge in [-0.15, -0.1) is 24.0 Å². The van der Waals surface area contributed by atoms with E-state index in [2.05, 4.69) is 21.9 Å². The van der Waals surface area contributed by atoms with Crippen LogP contribution in [0.2, 0.25) is 0 Å². The van der Waals surface area contributed by atoms with Crippen LogP contribution >= 0.6 is 35.7 Å². The maximum Gasteiger partial charge on any atom is 0.191 e. The van der Waals surface area contributed by atoms with Crippen molar-refractivity contribution in [3.8, 4) is 0 Å². The summed E-state index contributed by atoms with van der Waals surface area (Å²) in [5, 5.41) is 7.05. The fourth-order valence-corrected chi connectivity index (χ4v) is 4.09. The zero-order chi connectivity index (χ0) is 15.0. The van der Waals surface area contributed by atoms with Gasteiger partial charge in [-0.25, -0.2) is 0 Å². The highest BCUT2D eigenvalue weighted by Gasteiger charge is 2.31. The van der Waals surface area contributed by atoms with E-state index in [0.29, 0.717) is 4.75 Å². The summed E-state index contributed by atoms with van der Waals surface area (Å²) < 4.78 is 5.81. The van der Waals surface area contributed by atoms with Crippen LogP contribution in [0.15, 0.2) is 4.99 Å². The maximum atomic E-state index is 5.50. The van der Waals surface area contributed by atoms with Crippen LogP contribution in [-0.2, 0) is 4.74 Å². The number of aliphatic imine (C=N–C) groups is 1. The number of rotatable bonds is 5. The van der Waals surface area contributed by atoms with Gasteiger partial charge in [0.1, 0.15) is 0 Å². The molecule has 2 aliphatic rings. The Hall–Kier alpha value is 0.310. The first kappa shape index (κ1) is 20.4. The molecule has 1 saturated carbocycles. The van der Waals surface area contributed by atoms with Crippen molar-refractivity contribution in [2.75, 3.05) is 39.6 Å². The van der Waals surface area contributed by atoms with Crippen molar-refractivity contribution in [2.45, 2.75) is 49.7 Å². The molecule has 0 spiro atoms. The number of ether oxygens (including phenoxy) is 1. The van der Waals surface area contributed by atoms with Crippen molar-refractivity contribution in [2.24, 2.45) is 10.9 Å². The predicted octanol–water partition coefficient (Wildman–Crippen LogP) is 3.26. The van der Waals surface area contributed by atoms with E-state index in [1.54, 1.807) is 0 Å². The Balaban J connectivity index is 0.00000242. The highest BCUT2D eigenvalue weighted by Crippen LogP contribution is 2.32. The Morgan fingerprint density at radius 1 is 1.18 bits per heavy atom. The van der Waals surface area contributed by atoms with Crippen LogP contribution in [0, 0.1) is 5.92 Å². The lowest BCUT2D eigenvalue weighted by Gasteiger charge is -2.36. The van der Waals surface area contributed by atoms with Gasteiger partial charge in [0.15, 0.2) is 5.96 Å². The van der Waals surface area contributed by atoms with E-state index in [9.17, 15) is 0 Å². The van der Waals surface area contributed by atoms with Crippen LogP contribution in [-0.4, -0.2) is 50.3 Å². The lowest BCUT2D eigenvalue weighted by molar-refractivity contribution is 0.0783. The Labute approximate surface area is 157 Å². The van der Waals surface area contributed by atoms with E-state index < -0.39 is 0 Å². The van der Waals surface area contributed by atoms with Crippen LogP contribution in [0.25, 0.3) is 0 Å². The summed E-state index contributed by atoms with van der Waals surface area (Å²) in [4.78, 5) is 4.38. The van der Waals surface area contributed by atoms with E-state index in [1.807, 2.05) is 18.8 Å². The number of guanidine groups is 1. The van der Waals surface area contributed by atoms with Gasteiger partial charge in [0.25, 0.3) is 0 Å². The van der Waals surface area contributed by atoms with Gasteiger partial charge in [-0.2, -0.15) is 11.8 Å². The van der Waals surface area contributed by atoms with Gasteiger partial charge in [-0.3, -0.25) is 4.99 Å². The first-order chi connectivity index (χ1) is 10.3. The molecular weight excluding hydrogens is 409 g/mol. The largest absolute Gasteiger partial charge is 0.381 e. The monoisotopic (exact) mass is 441 g/mol. The Morgan fingerprint density at radius 3 is 2.45 bits per heavy atom. The molecule has 1 heterocycles. The number of hydrogen-bond donors (Lipinski definition) is 2. The molecule has 22 heavy (non-hydrogen) atoms. The summed E-state index contributed by atoms with van der Waals surface area (Å²) in [6.07, 6.45) is 11.4. The molecule has 2 fully saturated rings. The minimum atomic E-state index is 0. The van der Waals surface area contributed by atoms with E-state index in [4.69, 9.17) is 4.74 Å². The lowest BCUT2D eigenvalue weighted by Crippen LogP contribution is -2.48. The first-order valence-electron chi connectivity index (χ1n) is 8.35. The number of halogens is 1. The molecule has 2 rings (SSSR count). The van der Waals surface area contributed by atoms with E-state index in [0.717, 1.165) is 51.0 Å². The minimum Gasteiger partial charge on any atom is -0.381 e. The second-order valence-electron chi connectivity index (χ2n) is 6.31. The number of nitrogens with one attached hydrogen (secondary N) is 2. The van der Waals surface area contributed by atoms with Crippen molar-refractivity contribution in [3.05, 3.63) is 0 Å². The van der Waals surface area contributed by atoms with Crippen molar-refractivity contribution in [3.63, 3.8) is 0 Å². The zero-order valence-corrected chi connectivity index (χ0v) is 17.2. The summed E-state index contributed by atoms with van der Waals surface area (Å²) >= 11 is 1.97. The molecule has 0 bridgehead atoms. The molecule has 130 valence electrons. The molecule has 0 aromatic heterocycles. The summed E-state index contributed by atoms with van der Waals surface area (Å²) in [5.74, 6) is 1.79. The fraction of sp³-hybridized carbons (Fsp3) is 0.938. The number of nitrogens with zero attached hydrogens (tertiary/aromatic N) is 1. The lowest BCUT2D eigenvalue weighted by atomic mass is 9.89. The molecule has 2 N–H and O–H groups in total. The third-order valence-electron chi connectivity index (χ3n) is 4.92. The quantitative estimate of drug-likeness (QED) is 0.391. The first-order valence-corrected chi connectivity index (χ1v) is 9.58. The van der Waals surface area contributed by atoms with Crippen LogP contribution in [0.5, 0.6) is 0 Å². The van der Waals surface area contributed by atoms with Crippen molar-refractivity contribution >= 4 is 41.7 Å². The van der Waals surface area contributed by atoms with Crippen LogP contribution in [0.1, 0.15) is 44.9 Å². The van der Waals surface area contributed by atoms with Gasteiger partial charge < -0.3 is 15.4 Å². The van der Waals surface area contributed by atoms with Crippen molar-refractivity contribution in [1.29, 1.82) is 0 Å². The minimum absolute atomic E-state index is 0. The standard InChI is InChI=1S/C16H31N3OS.HI/c1-17-15(18-12-14-6-4-3-5-7-14)19-13-16(21-2)8-10-20-11-9-16;/h14H,3-13H2,1-2H3,(H2,17,18,19);1H. The van der Waals surface area contributed by atoms with Crippen LogP contribution in [0.3, 0.4) is 0 Å². The average molecular weight is 441 g/mol. The molecular formula is C16H32IN3OS. The van der Waals surface area contributed by atoms with Gasteiger partial charge in [0, 0.05) is 38.1 Å². The molecule has 6 heteroatoms. The third kappa shape index (κ3) is 6.43. The van der Waals surface area contributed by atoms with Crippen LogP contribution in [0.4, 0.5) is 0 Å². The highest BCUT2D eigenvalue weighted by atomic mass is 127. The normalized spacial score (nSPS) is 22.7. The molecule has 0 amide bonds. The van der Waals surface area contributed by atoms with Crippen molar-refractivity contribution < 1.29 is 4.74 Å². The van der Waals surface area contributed by atoms with E-state index in [-0.39, 0.29) is 24.0 Å². The maximum absolute atomic E-state index is 5.50. The highest BCUT2D eigenvalue weighted by molar-refractivity contribution is 14.0. The second-order valence-corrected chi connectivity index (χ2v) is 7.58. The Morgan fingerprint density at radius 2 is 1.86 bits per heavy atom. The molecule has 0 atom stereocenters. The van der Waals surface area contributed by atoms with E-state index >= 15 is 0 Å². The third-order valence-corrected chi connectivity index (χ3v) is 6.34. The second kappa shape index (κ2) is 11.0. The fourth-order valence-electron chi connectivity index (χ4n) is 3.29. The summed E-state index contributed by atoms with van der Waals surface area (Å²) in [6.45, 7) is 3.81. The topological polar surface area (TPSA) is 45.7 Å². The molecule has 1 aliphatic heterocycles. The van der Waals surface area contributed by atoms with Crippen molar-refractivity contribution in [1.82, 2.24) is 10.6 Å². The van der Waals surface area contributed by atoms with Gasteiger partial charge >= 0.3 is 0 Å². The Kier molecular flexibility index (Phi) is 10.1. The summed E-state index contributed by atoms with van der Waals surface area (Å²) in [6, 6.07) is 0. The zero-order valence-electron chi connectivity index (χ0n) is 14.0. The number of hydrogen-bond acceptors (Lipinski definition) is 3. The average Bonchev–Trinajstić information content (AvgIpc) is 2.57. The molecule has 0 unspecified atom stereocenters. The molecule has 1 saturated heterocycles. The van der Waals surface area contributed by atoms with Gasteiger partial charge in [-0.05, 0) is 37.9 Å². The molecule has 1 aliphatic carbocycles.